The lowest BCUT2D eigenvalue weighted by atomic mass is 9.96. The molecule has 0 aliphatic heterocycles. The number of hydrogen-bond acceptors (Lipinski definition) is 2. The Kier molecular flexibility index (Phi) is 4.31. The van der Waals surface area contributed by atoms with E-state index in [2.05, 4.69) is 0 Å². The number of rotatable bonds is 2. The molecule has 128 valence electrons. The normalized spacial score (nSPS) is 11.0. The first-order valence-electron chi connectivity index (χ1n) is 8.13. The standard InChI is InChI=1S/C22H14Cl2O2/c1-13-11-19-17(20(21(13)24)14-7-3-2-4-8-14)12-16(22(25)26-19)15-9-5-6-10-18(15)23/h2-12H,1H3. The first kappa shape index (κ1) is 16.9. The maximum absolute atomic E-state index is 12.6. The van der Waals surface area contributed by atoms with Gasteiger partial charge in [0.2, 0.25) is 0 Å². The molecule has 4 heteroatoms. The van der Waals surface area contributed by atoms with Crippen molar-refractivity contribution in [3.8, 4) is 22.3 Å². The lowest BCUT2D eigenvalue weighted by Gasteiger charge is -2.13. The van der Waals surface area contributed by atoms with Crippen LogP contribution in [0.3, 0.4) is 0 Å². The topological polar surface area (TPSA) is 30.2 Å². The minimum Gasteiger partial charge on any atom is -0.422 e. The van der Waals surface area contributed by atoms with E-state index < -0.39 is 5.63 Å². The van der Waals surface area contributed by atoms with E-state index in [1.165, 1.54) is 0 Å². The molecule has 0 amide bonds. The Balaban J connectivity index is 2.11. The first-order chi connectivity index (χ1) is 12.6. The second kappa shape index (κ2) is 6.64. The lowest BCUT2D eigenvalue weighted by Crippen LogP contribution is -2.04. The highest BCUT2D eigenvalue weighted by atomic mass is 35.5. The zero-order valence-electron chi connectivity index (χ0n) is 13.9. The fourth-order valence-electron chi connectivity index (χ4n) is 3.12. The average molecular weight is 381 g/mol. The van der Waals surface area contributed by atoms with Crippen molar-refractivity contribution in [1.82, 2.24) is 0 Å². The molecule has 1 aromatic heterocycles. The van der Waals surface area contributed by atoms with Gasteiger partial charge in [0.25, 0.3) is 0 Å². The molecule has 0 saturated heterocycles. The van der Waals surface area contributed by atoms with Gasteiger partial charge >= 0.3 is 5.63 Å². The van der Waals surface area contributed by atoms with Crippen LogP contribution in [0.2, 0.25) is 10.0 Å². The molecule has 1 heterocycles. The minimum absolute atomic E-state index is 0.417. The molecule has 0 atom stereocenters. The third-order valence-electron chi connectivity index (χ3n) is 4.39. The van der Waals surface area contributed by atoms with E-state index in [1.807, 2.05) is 55.5 Å². The highest BCUT2D eigenvalue weighted by Crippen LogP contribution is 2.39. The maximum Gasteiger partial charge on any atom is 0.344 e. The van der Waals surface area contributed by atoms with Crippen LogP contribution >= 0.6 is 23.2 Å². The molecule has 0 radical (unpaired) electrons. The van der Waals surface area contributed by atoms with E-state index in [4.69, 9.17) is 27.6 Å². The van der Waals surface area contributed by atoms with Crippen LogP contribution < -0.4 is 5.63 Å². The molecular weight excluding hydrogens is 367 g/mol. The summed E-state index contributed by atoms with van der Waals surface area (Å²) < 4.78 is 5.63. The van der Waals surface area contributed by atoms with Gasteiger partial charge in [0.1, 0.15) is 5.58 Å². The van der Waals surface area contributed by atoms with Crippen molar-refractivity contribution in [2.24, 2.45) is 0 Å². The van der Waals surface area contributed by atoms with Gasteiger partial charge in [-0.05, 0) is 36.2 Å². The summed E-state index contributed by atoms with van der Waals surface area (Å²) in [6.45, 7) is 1.90. The summed E-state index contributed by atoms with van der Waals surface area (Å²) in [5.74, 6) is 0. The van der Waals surface area contributed by atoms with Gasteiger partial charge in [-0.1, -0.05) is 71.7 Å². The van der Waals surface area contributed by atoms with Crippen LogP contribution in [-0.2, 0) is 0 Å². The van der Waals surface area contributed by atoms with E-state index in [1.54, 1.807) is 18.2 Å². The monoisotopic (exact) mass is 380 g/mol. The van der Waals surface area contributed by atoms with Crippen LogP contribution in [0.15, 0.2) is 75.9 Å². The third kappa shape index (κ3) is 2.82. The number of fused-ring (bicyclic) bond motifs is 1. The summed E-state index contributed by atoms with van der Waals surface area (Å²) in [6, 6.07) is 20.7. The largest absolute Gasteiger partial charge is 0.422 e. The molecular formula is C22H14Cl2O2. The summed E-state index contributed by atoms with van der Waals surface area (Å²) in [7, 11) is 0. The number of halogens is 2. The quantitative estimate of drug-likeness (QED) is 0.360. The summed E-state index contributed by atoms with van der Waals surface area (Å²) >= 11 is 12.9. The second-order valence-corrected chi connectivity index (χ2v) is 6.87. The Morgan fingerprint density at radius 1 is 0.846 bits per heavy atom. The minimum atomic E-state index is -0.425. The molecule has 4 rings (SSSR count). The van der Waals surface area contributed by atoms with Gasteiger partial charge in [-0.2, -0.15) is 0 Å². The van der Waals surface area contributed by atoms with Gasteiger partial charge in [-0.25, -0.2) is 4.79 Å². The lowest BCUT2D eigenvalue weighted by molar-refractivity contribution is 0.563. The van der Waals surface area contributed by atoms with Gasteiger partial charge in [0.15, 0.2) is 0 Å². The Labute approximate surface area is 160 Å². The van der Waals surface area contributed by atoms with Gasteiger partial charge in [-0.3, -0.25) is 0 Å². The van der Waals surface area contributed by atoms with Crippen LogP contribution in [0.5, 0.6) is 0 Å². The van der Waals surface area contributed by atoms with Crippen LogP contribution in [0.4, 0.5) is 0 Å². The van der Waals surface area contributed by atoms with Crippen molar-refractivity contribution in [3.05, 3.63) is 92.8 Å². The van der Waals surface area contributed by atoms with Crippen molar-refractivity contribution in [2.75, 3.05) is 0 Å². The van der Waals surface area contributed by atoms with E-state index in [9.17, 15) is 4.79 Å². The van der Waals surface area contributed by atoms with E-state index in [-0.39, 0.29) is 0 Å². The van der Waals surface area contributed by atoms with Crippen LogP contribution in [-0.4, -0.2) is 0 Å². The molecule has 26 heavy (non-hydrogen) atoms. The molecule has 0 bridgehead atoms. The van der Waals surface area contributed by atoms with Crippen molar-refractivity contribution in [3.63, 3.8) is 0 Å². The summed E-state index contributed by atoms with van der Waals surface area (Å²) in [5.41, 5.74) is 3.80. The predicted octanol–water partition coefficient (Wildman–Crippen LogP) is 6.74. The van der Waals surface area contributed by atoms with E-state index in [0.717, 1.165) is 22.1 Å². The predicted molar refractivity (Wildman–Crippen MR) is 108 cm³/mol. The summed E-state index contributed by atoms with van der Waals surface area (Å²) in [6.07, 6.45) is 0. The summed E-state index contributed by atoms with van der Waals surface area (Å²) in [5, 5.41) is 1.92. The van der Waals surface area contributed by atoms with Crippen molar-refractivity contribution < 1.29 is 4.42 Å². The highest BCUT2D eigenvalue weighted by Gasteiger charge is 2.17. The second-order valence-electron chi connectivity index (χ2n) is 6.09. The number of aryl methyl sites for hydroxylation is 1. The fourth-order valence-corrected chi connectivity index (χ4v) is 3.62. The van der Waals surface area contributed by atoms with Gasteiger partial charge in [0, 0.05) is 21.5 Å². The molecule has 2 nitrogen and oxygen atoms in total. The van der Waals surface area contributed by atoms with Crippen molar-refractivity contribution >= 4 is 34.2 Å². The third-order valence-corrected chi connectivity index (χ3v) is 5.20. The summed E-state index contributed by atoms with van der Waals surface area (Å²) in [4.78, 5) is 12.6. The molecule has 0 unspecified atom stereocenters. The zero-order chi connectivity index (χ0) is 18.3. The van der Waals surface area contributed by atoms with E-state index >= 15 is 0 Å². The van der Waals surface area contributed by atoms with Crippen LogP contribution in [0, 0.1) is 6.92 Å². The Bertz CT molecular complexity index is 1180. The van der Waals surface area contributed by atoms with Crippen LogP contribution in [0.25, 0.3) is 33.2 Å². The van der Waals surface area contributed by atoms with Crippen LogP contribution in [0.1, 0.15) is 5.56 Å². The zero-order valence-corrected chi connectivity index (χ0v) is 15.4. The van der Waals surface area contributed by atoms with Gasteiger partial charge in [0.05, 0.1) is 10.6 Å². The smallest absolute Gasteiger partial charge is 0.344 e. The van der Waals surface area contributed by atoms with E-state index in [0.29, 0.717) is 26.8 Å². The molecule has 3 aromatic carbocycles. The molecule has 0 fully saturated rings. The Morgan fingerprint density at radius 2 is 1.54 bits per heavy atom. The van der Waals surface area contributed by atoms with Crippen molar-refractivity contribution in [1.29, 1.82) is 0 Å². The molecule has 0 aliphatic rings. The van der Waals surface area contributed by atoms with Gasteiger partial charge in [-0.15, -0.1) is 0 Å². The Hall–Kier alpha value is -2.55. The molecule has 0 spiro atoms. The maximum atomic E-state index is 12.6. The van der Waals surface area contributed by atoms with Crippen molar-refractivity contribution in [2.45, 2.75) is 6.92 Å². The highest BCUT2D eigenvalue weighted by molar-refractivity contribution is 6.36. The first-order valence-corrected chi connectivity index (χ1v) is 8.89. The molecule has 4 aromatic rings. The van der Waals surface area contributed by atoms with Gasteiger partial charge < -0.3 is 4.42 Å². The number of hydrogen-bond donors (Lipinski definition) is 0. The molecule has 0 N–H and O–H groups in total. The SMILES string of the molecule is Cc1cc2oc(=O)c(-c3ccccc3Cl)cc2c(-c2ccccc2)c1Cl. The average Bonchev–Trinajstić information content (AvgIpc) is 2.64. The number of benzene rings is 3. The Morgan fingerprint density at radius 3 is 2.27 bits per heavy atom. The molecule has 0 aliphatic carbocycles. The molecule has 0 saturated carbocycles. The fraction of sp³-hybridized carbons (Fsp3) is 0.0455.